The summed E-state index contributed by atoms with van der Waals surface area (Å²) in [6.45, 7) is 3.59. The molecule has 0 saturated heterocycles. The Kier molecular flexibility index (Phi) is 5.56. The number of benzene rings is 2. The van der Waals surface area contributed by atoms with Gasteiger partial charge in [0.15, 0.2) is 0 Å². The molecule has 1 amide bonds. The summed E-state index contributed by atoms with van der Waals surface area (Å²) in [5.74, 6) is -0.130. The van der Waals surface area contributed by atoms with Crippen molar-refractivity contribution in [2.24, 2.45) is 0 Å². The summed E-state index contributed by atoms with van der Waals surface area (Å²) in [5, 5.41) is 0. The van der Waals surface area contributed by atoms with Crippen LogP contribution >= 0.6 is 0 Å². The van der Waals surface area contributed by atoms with Gasteiger partial charge in [0.1, 0.15) is 0 Å². The van der Waals surface area contributed by atoms with E-state index in [0.29, 0.717) is 16.8 Å². The molecule has 1 saturated carbocycles. The lowest BCUT2D eigenvalue weighted by molar-refractivity contribution is 0.0735. The van der Waals surface area contributed by atoms with E-state index in [-0.39, 0.29) is 16.8 Å². The summed E-state index contributed by atoms with van der Waals surface area (Å²) in [4.78, 5) is 14.7. The molecule has 0 bridgehead atoms. The highest BCUT2D eigenvalue weighted by Crippen LogP contribution is 2.26. The van der Waals surface area contributed by atoms with Crippen molar-refractivity contribution < 1.29 is 13.2 Å². The van der Waals surface area contributed by atoms with Crippen molar-refractivity contribution in [1.29, 1.82) is 0 Å². The van der Waals surface area contributed by atoms with Crippen LogP contribution in [-0.4, -0.2) is 32.3 Å². The molecule has 0 unspecified atom stereocenters. The number of carbonyl (C=O) groups is 1. The first-order valence-electron chi connectivity index (χ1n) is 9.26. The zero-order valence-corrected chi connectivity index (χ0v) is 16.8. The maximum absolute atomic E-state index is 12.9. The second-order valence-corrected chi connectivity index (χ2v) is 8.91. The van der Waals surface area contributed by atoms with E-state index in [1.54, 1.807) is 43.1 Å². The highest BCUT2D eigenvalue weighted by atomic mass is 32.2. The van der Waals surface area contributed by atoms with E-state index in [9.17, 15) is 13.2 Å². The van der Waals surface area contributed by atoms with Crippen molar-refractivity contribution in [3.8, 4) is 0 Å². The summed E-state index contributed by atoms with van der Waals surface area (Å²) in [6, 6.07) is 12.3. The number of hydrogen-bond donors (Lipinski definition) is 1. The summed E-state index contributed by atoms with van der Waals surface area (Å²) < 4.78 is 28.5. The van der Waals surface area contributed by atoms with Gasteiger partial charge in [0.05, 0.1) is 10.6 Å². The van der Waals surface area contributed by atoms with Gasteiger partial charge < -0.3 is 4.90 Å². The quantitative estimate of drug-likeness (QED) is 0.841. The Morgan fingerprint density at radius 3 is 2.37 bits per heavy atom. The molecule has 0 radical (unpaired) electrons. The average Bonchev–Trinajstić information content (AvgIpc) is 3.17. The van der Waals surface area contributed by atoms with E-state index in [2.05, 4.69) is 4.72 Å². The van der Waals surface area contributed by atoms with Crippen molar-refractivity contribution in [2.45, 2.75) is 50.5 Å². The number of hydrogen-bond acceptors (Lipinski definition) is 3. The molecule has 6 heteroatoms. The van der Waals surface area contributed by atoms with Crippen LogP contribution in [-0.2, 0) is 10.0 Å². The lowest BCUT2D eigenvalue weighted by atomic mass is 10.1. The van der Waals surface area contributed by atoms with Gasteiger partial charge in [0, 0.05) is 18.7 Å². The van der Waals surface area contributed by atoms with Crippen LogP contribution in [0.3, 0.4) is 0 Å². The summed E-state index contributed by atoms with van der Waals surface area (Å²) in [6.07, 6.45) is 4.29. The predicted octanol–water partition coefficient (Wildman–Crippen LogP) is 4.12. The molecule has 0 aromatic heterocycles. The average molecular weight is 387 g/mol. The first-order chi connectivity index (χ1) is 12.8. The van der Waals surface area contributed by atoms with Gasteiger partial charge in [-0.2, -0.15) is 0 Å². The molecule has 1 N–H and O–H groups in total. The van der Waals surface area contributed by atoms with Crippen LogP contribution in [0.5, 0.6) is 0 Å². The number of carbonyl (C=O) groups excluding carboxylic acids is 1. The monoisotopic (exact) mass is 386 g/mol. The molecule has 5 nitrogen and oxygen atoms in total. The van der Waals surface area contributed by atoms with Crippen LogP contribution in [0, 0.1) is 13.8 Å². The lowest BCUT2D eigenvalue weighted by Gasteiger charge is -2.24. The normalized spacial score (nSPS) is 14.9. The fraction of sp³-hybridized carbons (Fsp3) is 0.381. The molecule has 2 aromatic rings. The number of sulfonamides is 1. The van der Waals surface area contributed by atoms with Crippen molar-refractivity contribution in [2.75, 3.05) is 11.8 Å². The molecule has 1 fully saturated rings. The molecule has 144 valence electrons. The highest BCUT2D eigenvalue weighted by Gasteiger charge is 2.26. The molecule has 2 aromatic carbocycles. The van der Waals surface area contributed by atoms with Crippen molar-refractivity contribution in [3.05, 3.63) is 59.2 Å². The van der Waals surface area contributed by atoms with Crippen LogP contribution in [0.1, 0.15) is 47.2 Å². The van der Waals surface area contributed by atoms with Gasteiger partial charge in [0.25, 0.3) is 15.9 Å². The molecule has 0 heterocycles. The largest absolute Gasteiger partial charge is 0.339 e. The zero-order chi connectivity index (χ0) is 19.6. The van der Waals surface area contributed by atoms with E-state index in [0.717, 1.165) is 31.2 Å². The molecular formula is C21H26N2O3S. The van der Waals surface area contributed by atoms with Crippen LogP contribution in [0.15, 0.2) is 47.4 Å². The van der Waals surface area contributed by atoms with Crippen LogP contribution in [0.2, 0.25) is 0 Å². The summed E-state index contributed by atoms with van der Waals surface area (Å²) in [5.41, 5.74) is 2.39. The Balaban J connectivity index is 1.90. The number of anilines is 1. The topological polar surface area (TPSA) is 66.5 Å². The smallest absolute Gasteiger partial charge is 0.262 e. The third-order valence-corrected chi connectivity index (χ3v) is 6.81. The molecule has 0 spiro atoms. The summed E-state index contributed by atoms with van der Waals surface area (Å²) >= 11 is 0. The zero-order valence-electron chi connectivity index (χ0n) is 16.0. The summed E-state index contributed by atoms with van der Waals surface area (Å²) in [7, 11) is -1.98. The van der Waals surface area contributed by atoms with Gasteiger partial charge in [-0.1, -0.05) is 37.1 Å². The fourth-order valence-electron chi connectivity index (χ4n) is 3.57. The molecular weight excluding hydrogens is 360 g/mol. The Labute approximate surface area is 161 Å². The van der Waals surface area contributed by atoms with Gasteiger partial charge in [-0.15, -0.1) is 0 Å². The minimum absolute atomic E-state index is 0.130. The van der Waals surface area contributed by atoms with E-state index >= 15 is 0 Å². The lowest BCUT2D eigenvalue weighted by Crippen LogP contribution is -2.35. The first-order valence-corrected chi connectivity index (χ1v) is 10.7. The maximum atomic E-state index is 12.9. The van der Waals surface area contributed by atoms with Crippen molar-refractivity contribution >= 4 is 21.6 Å². The third-order valence-electron chi connectivity index (χ3n) is 5.31. The van der Waals surface area contributed by atoms with Crippen LogP contribution in [0.25, 0.3) is 0 Å². The van der Waals surface area contributed by atoms with E-state index in [1.807, 2.05) is 19.1 Å². The van der Waals surface area contributed by atoms with Gasteiger partial charge in [-0.25, -0.2) is 8.42 Å². The second kappa shape index (κ2) is 7.72. The van der Waals surface area contributed by atoms with Gasteiger partial charge >= 0.3 is 0 Å². The number of aryl methyl sites for hydroxylation is 2. The number of nitrogens with zero attached hydrogens (tertiary/aromatic N) is 1. The number of nitrogens with one attached hydrogen (secondary N) is 1. The van der Waals surface area contributed by atoms with Gasteiger partial charge in [-0.3, -0.25) is 9.52 Å². The Hall–Kier alpha value is -2.34. The predicted molar refractivity (Wildman–Crippen MR) is 108 cm³/mol. The molecule has 1 aliphatic rings. The Morgan fingerprint density at radius 1 is 1.04 bits per heavy atom. The number of amides is 1. The molecule has 3 rings (SSSR count). The SMILES string of the molecule is Cc1ccccc1NS(=O)(=O)c1cc(C(=O)N(C)C2CCCC2)ccc1C. The van der Waals surface area contributed by atoms with Gasteiger partial charge in [-0.05, 0) is 56.0 Å². The highest BCUT2D eigenvalue weighted by molar-refractivity contribution is 7.92. The standard InChI is InChI=1S/C21H26N2O3S/c1-15-8-4-7-11-19(15)22-27(25,26)20-14-17(13-12-16(20)2)21(24)23(3)18-9-5-6-10-18/h4,7-8,11-14,18,22H,5-6,9-10H2,1-3H3. The molecule has 1 aliphatic carbocycles. The molecule has 0 aliphatic heterocycles. The fourth-order valence-corrected chi connectivity index (χ4v) is 4.97. The van der Waals surface area contributed by atoms with E-state index in [4.69, 9.17) is 0 Å². The molecule has 0 atom stereocenters. The Bertz CT molecular complexity index is 948. The van der Waals surface area contributed by atoms with Crippen molar-refractivity contribution in [3.63, 3.8) is 0 Å². The Morgan fingerprint density at radius 2 is 1.70 bits per heavy atom. The number of para-hydroxylation sites is 1. The number of rotatable bonds is 5. The van der Waals surface area contributed by atoms with Crippen molar-refractivity contribution in [1.82, 2.24) is 4.90 Å². The molecule has 27 heavy (non-hydrogen) atoms. The van der Waals surface area contributed by atoms with E-state index < -0.39 is 10.0 Å². The van der Waals surface area contributed by atoms with Crippen LogP contribution < -0.4 is 4.72 Å². The minimum Gasteiger partial charge on any atom is -0.339 e. The maximum Gasteiger partial charge on any atom is 0.262 e. The van der Waals surface area contributed by atoms with E-state index in [1.165, 1.54) is 6.07 Å². The third kappa shape index (κ3) is 4.16. The first kappa shape index (κ1) is 19.4. The van der Waals surface area contributed by atoms with Gasteiger partial charge in [0.2, 0.25) is 0 Å². The second-order valence-electron chi connectivity index (χ2n) is 7.26. The van der Waals surface area contributed by atoms with Crippen LogP contribution in [0.4, 0.5) is 5.69 Å². The minimum atomic E-state index is -3.79.